The molecule has 102 valence electrons. The quantitative estimate of drug-likeness (QED) is 0.904. The molecule has 3 rings (SSSR count). The number of furan rings is 1. The molecule has 2 aromatic rings. The van der Waals surface area contributed by atoms with Gasteiger partial charge in [-0.2, -0.15) is 4.98 Å². The Kier molecular flexibility index (Phi) is 3.61. The molecule has 3 heterocycles. The molecule has 1 fully saturated rings. The zero-order valence-corrected chi connectivity index (χ0v) is 10.7. The fourth-order valence-corrected chi connectivity index (χ4v) is 2.48. The second-order valence-corrected chi connectivity index (χ2v) is 4.83. The standard InChI is InChI=1S/C13H17N3O3/c17-8-11-3-1-2-5-16(11)7-12-14-13(15-19-12)10-4-6-18-9-10/h4,6,9,11,17H,1-3,5,7-8H2. The van der Waals surface area contributed by atoms with Crippen LogP contribution in [0, 0.1) is 0 Å². The van der Waals surface area contributed by atoms with Crippen LogP contribution in [0.5, 0.6) is 0 Å². The number of aromatic nitrogens is 2. The predicted molar refractivity (Wildman–Crippen MR) is 67.1 cm³/mol. The highest BCUT2D eigenvalue weighted by Gasteiger charge is 2.23. The maximum absolute atomic E-state index is 9.37. The predicted octanol–water partition coefficient (Wildman–Crippen LogP) is 1.68. The first-order chi connectivity index (χ1) is 9.36. The van der Waals surface area contributed by atoms with Crippen LogP contribution in [-0.4, -0.2) is 39.3 Å². The number of aliphatic hydroxyl groups excluding tert-OH is 1. The van der Waals surface area contributed by atoms with E-state index >= 15 is 0 Å². The van der Waals surface area contributed by atoms with E-state index in [2.05, 4.69) is 15.0 Å². The van der Waals surface area contributed by atoms with Crippen LogP contribution in [0.3, 0.4) is 0 Å². The topological polar surface area (TPSA) is 75.5 Å². The lowest BCUT2D eigenvalue weighted by Gasteiger charge is -2.33. The number of aliphatic hydroxyl groups is 1. The maximum Gasteiger partial charge on any atom is 0.241 e. The van der Waals surface area contributed by atoms with Gasteiger partial charge in [0.25, 0.3) is 0 Å². The van der Waals surface area contributed by atoms with Crippen LogP contribution in [0.4, 0.5) is 0 Å². The smallest absolute Gasteiger partial charge is 0.241 e. The normalized spacial score (nSPS) is 20.8. The molecule has 1 saturated heterocycles. The molecule has 0 aromatic carbocycles. The van der Waals surface area contributed by atoms with E-state index in [1.54, 1.807) is 18.6 Å². The molecule has 1 aliphatic heterocycles. The summed E-state index contributed by atoms with van der Waals surface area (Å²) in [6.07, 6.45) is 6.52. The van der Waals surface area contributed by atoms with Gasteiger partial charge in [-0.1, -0.05) is 11.6 Å². The lowest BCUT2D eigenvalue weighted by atomic mass is 10.0. The van der Waals surface area contributed by atoms with Crippen molar-refractivity contribution in [2.45, 2.75) is 31.8 Å². The number of likely N-dealkylation sites (tertiary alicyclic amines) is 1. The molecule has 0 spiro atoms. The fourth-order valence-electron chi connectivity index (χ4n) is 2.48. The first-order valence-electron chi connectivity index (χ1n) is 6.57. The number of rotatable bonds is 4. The summed E-state index contributed by atoms with van der Waals surface area (Å²) < 4.78 is 10.3. The lowest BCUT2D eigenvalue weighted by Crippen LogP contribution is -2.41. The average molecular weight is 263 g/mol. The summed E-state index contributed by atoms with van der Waals surface area (Å²) in [7, 11) is 0. The number of piperidine rings is 1. The van der Waals surface area contributed by atoms with Gasteiger partial charge >= 0.3 is 0 Å². The summed E-state index contributed by atoms with van der Waals surface area (Å²) >= 11 is 0. The Bertz CT molecular complexity index is 509. The second kappa shape index (κ2) is 5.54. The van der Waals surface area contributed by atoms with Gasteiger partial charge in [-0.3, -0.25) is 4.90 Å². The molecule has 0 bridgehead atoms. The average Bonchev–Trinajstić information content (AvgIpc) is 3.09. The van der Waals surface area contributed by atoms with Crippen molar-refractivity contribution in [3.63, 3.8) is 0 Å². The molecular weight excluding hydrogens is 246 g/mol. The van der Waals surface area contributed by atoms with E-state index in [4.69, 9.17) is 8.94 Å². The van der Waals surface area contributed by atoms with Crippen LogP contribution in [0.1, 0.15) is 25.2 Å². The van der Waals surface area contributed by atoms with Crippen LogP contribution in [0.15, 0.2) is 27.5 Å². The summed E-state index contributed by atoms with van der Waals surface area (Å²) in [6.45, 7) is 1.74. The maximum atomic E-state index is 9.37. The van der Waals surface area contributed by atoms with Gasteiger partial charge in [0.05, 0.1) is 25.0 Å². The van der Waals surface area contributed by atoms with E-state index in [1.165, 1.54) is 6.42 Å². The monoisotopic (exact) mass is 263 g/mol. The Morgan fingerprint density at radius 2 is 2.37 bits per heavy atom. The van der Waals surface area contributed by atoms with Gasteiger partial charge in [0.15, 0.2) is 0 Å². The van der Waals surface area contributed by atoms with E-state index in [1.807, 2.05) is 0 Å². The number of nitrogens with zero attached hydrogens (tertiary/aromatic N) is 3. The Labute approximate surface area is 111 Å². The minimum Gasteiger partial charge on any atom is -0.472 e. The van der Waals surface area contributed by atoms with Crippen molar-refractivity contribution in [2.24, 2.45) is 0 Å². The Balaban J connectivity index is 1.69. The van der Waals surface area contributed by atoms with E-state index in [0.29, 0.717) is 18.3 Å². The highest BCUT2D eigenvalue weighted by Crippen LogP contribution is 2.20. The van der Waals surface area contributed by atoms with E-state index in [-0.39, 0.29) is 12.6 Å². The zero-order valence-electron chi connectivity index (χ0n) is 10.7. The molecule has 6 heteroatoms. The summed E-state index contributed by atoms with van der Waals surface area (Å²) in [5.41, 5.74) is 0.812. The molecule has 0 radical (unpaired) electrons. The Morgan fingerprint density at radius 3 is 3.16 bits per heavy atom. The molecule has 1 atom stereocenters. The number of hydrogen-bond donors (Lipinski definition) is 1. The van der Waals surface area contributed by atoms with Gasteiger partial charge in [-0.15, -0.1) is 0 Å². The summed E-state index contributed by atoms with van der Waals surface area (Å²) in [5, 5.41) is 13.3. The lowest BCUT2D eigenvalue weighted by molar-refractivity contribution is 0.0749. The Hall–Kier alpha value is -1.66. The van der Waals surface area contributed by atoms with Gasteiger partial charge in [0.1, 0.15) is 6.26 Å². The van der Waals surface area contributed by atoms with E-state index in [9.17, 15) is 5.11 Å². The molecule has 1 aliphatic rings. The first-order valence-corrected chi connectivity index (χ1v) is 6.57. The molecule has 6 nitrogen and oxygen atoms in total. The van der Waals surface area contributed by atoms with Crippen molar-refractivity contribution in [1.29, 1.82) is 0 Å². The van der Waals surface area contributed by atoms with Crippen molar-refractivity contribution in [1.82, 2.24) is 15.0 Å². The third kappa shape index (κ3) is 2.69. The largest absolute Gasteiger partial charge is 0.472 e. The zero-order chi connectivity index (χ0) is 13.1. The van der Waals surface area contributed by atoms with Gasteiger partial charge in [0, 0.05) is 6.04 Å². The molecule has 0 amide bonds. The highest BCUT2D eigenvalue weighted by atomic mass is 16.5. The second-order valence-electron chi connectivity index (χ2n) is 4.83. The SMILES string of the molecule is OCC1CCCCN1Cc1nc(-c2ccoc2)no1. The molecule has 0 saturated carbocycles. The molecule has 1 unspecified atom stereocenters. The third-order valence-corrected chi connectivity index (χ3v) is 3.55. The molecular formula is C13H17N3O3. The fraction of sp³-hybridized carbons (Fsp3) is 0.538. The molecule has 2 aromatic heterocycles. The third-order valence-electron chi connectivity index (χ3n) is 3.55. The van der Waals surface area contributed by atoms with Crippen LogP contribution in [0.25, 0.3) is 11.4 Å². The van der Waals surface area contributed by atoms with Crippen molar-refractivity contribution in [3.05, 3.63) is 24.5 Å². The van der Waals surface area contributed by atoms with Gasteiger partial charge < -0.3 is 14.0 Å². The van der Waals surface area contributed by atoms with Crippen molar-refractivity contribution in [3.8, 4) is 11.4 Å². The molecule has 0 aliphatic carbocycles. The van der Waals surface area contributed by atoms with Gasteiger partial charge in [-0.05, 0) is 25.5 Å². The van der Waals surface area contributed by atoms with Gasteiger partial charge in [-0.25, -0.2) is 0 Å². The van der Waals surface area contributed by atoms with Crippen molar-refractivity contribution >= 4 is 0 Å². The summed E-state index contributed by atoms with van der Waals surface area (Å²) in [5.74, 6) is 1.12. The highest BCUT2D eigenvalue weighted by molar-refractivity contribution is 5.51. The first kappa shape index (κ1) is 12.4. The van der Waals surface area contributed by atoms with E-state index in [0.717, 1.165) is 24.9 Å². The minimum absolute atomic E-state index is 0.183. The van der Waals surface area contributed by atoms with E-state index < -0.39 is 0 Å². The van der Waals surface area contributed by atoms with Crippen LogP contribution < -0.4 is 0 Å². The minimum atomic E-state index is 0.183. The Morgan fingerprint density at radius 1 is 1.42 bits per heavy atom. The molecule has 19 heavy (non-hydrogen) atoms. The van der Waals surface area contributed by atoms with Gasteiger partial charge in [0.2, 0.25) is 11.7 Å². The molecule has 1 N–H and O–H groups in total. The van der Waals surface area contributed by atoms with Crippen LogP contribution in [-0.2, 0) is 6.54 Å². The van der Waals surface area contributed by atoms with Crippen molar-refractivity contribution < 1.29 is 14.0 Å². The summed E-state index contributed by atoms with van der Waals surface area (Å²) in [4.78, 5) is 6.56. The van der Waals surface area contributed by atoms with Crippen LogP contribution >= 0.6 is 0 Å². The number of hydrogen-bond acceptors (Lipinski definition) is 6. The van der Waals surface area contributed by atoms with Crippen LogP contribution in [0.2, 0.25) is 0 Å². The van der Waals surface area contributed by atoms with Crippen molar-refractivity contribution in [2.75, 3.05) is 13.2 Å². The summed E-state index contributed by atoms with van der Waals surface area (Å²) in [6, 6.07) is 2.00.